The molecule has 0 aromatic heterocycles. The number of ether oxygens (including phenoxy) is 1. The molecular weight excluding hydrogens is 440 g/mol. The summed E-state index contributed by atoms with van der Waals surface area (Å²) in [7, 11) is 1.49. The second-order valence-corrected chi connectivity index (χ2v) is 13.2. The highest BCUT2D eigenvalue weighted by atomic mass is 79.9. The Morgan fingerprint density at radius 2 is 1.90 bits per heavy atom. The number of carbonyl (C=O) groups excluding carboxylic acids is 1. The average Bonchev–Trinajstić information content (AvgIpc) is 3.06. The highest BCUT2D eigenvalue weighted by Gasteiger charge is 2.66. The van der Waals surface area contributed by atoms with E-state index in [0.717, 1.165) is 31.1 Å². The first-order valence-corrected chi connectivity index (χ1v) is 13.4. The number of alkyl halides is 1. The molecule has 4 aliphatic rings. The lowest BCUT2D eigenvalue weighted by atomic mass is 9.42. The van der Waals surface area contributed by atoms with E-state index >= 15 is 0 Å². The van der Waals surface area contributed by atoms with Crippen LogP contribution in [0.15, 0.2) is 0 Å². The maximum Gasteiger partial charge on any atom is 0.305 e. The van der Waals surface area contributed by atoms with E-state index in [1.54, 1.807) is 0 Å². The van der Waals surface area contributed by atoms with Crippen molar-refractivity contribution in [1.82, 2.24) is 0 Å². The van der Waals surface area contributed by atoms with Crippen LogP contribution in [-0.2, 0) is 9.53 Å². The van der Waals surface area contributed by atoms with Crippen molar-refractivity contribution in [2.45, 2.75) is 102 Å². The summed E-state index contributed by atoms with van der Waals surface area (Å²) in [4.78, 5) is 11.9. The molecule has 4 saturated carbocycles. The van der Waals surface area contributed by atoms with Gasteiger partial charge in [-0.1, -0.05) is 43.6 Å². The van der Waals surface area contributed by atoms with E-state index in [0.29, 0.717) is 35.5 Å². The molecule has 172 valence electrons. The molecule has 4 aliphatic carbocycles. The number of aliphatic hydroxyl groups is 1. The molecule has 0 heterocycles. The minimum atomic E-state index is -0.550. The molecule has 1 N–H and O–H groups in total. The van der Waals surface area contributed by atoms with Gasteiger partial charge in [-0.15, -0.1) is 0 Å². The van der Waals surface area contributed by atoms with Crippen molar-refractivity contribution in [2.24, 2.45) is 46.3 Å². The summed E-state index contributed by atoms with van der Waals surface area (Å²) >= 11 is 4.02. The van der Waals surface area contributed by atoms with Gasteiger partial charge in [0.1, 0.15) is 0 Å². The second-order valence-electron chi connectivity index (χ2n) is 12.1. The van der Waals surface area contributed by atoms with Crippen molar-refractivity contribution in [3.8, 4) is 0 Å². The minimum absolute atomic E-state index is 0.0481. The molecule has 0 aliphatic heterocycles. The number of fused-ring (bicyclic) bond motifs is 5. The van der Waals surface area contributed by atoms with E-state index < -0.39 is 5.60 Å². The molecule has 0 aromatic carbocycles. The molecule has 3 nitrogen and oxygen atoms in total. The number of esters is 1. The number of rotatable bonds is 4. The van der Waals surface area contributed by atoms with Crippen LogP contribution in [0.4, 0.5) is 0 Å². The van der Waals surface area contributed by atoms with Gasteiger partial charge in [-0.2, -0.15) is 0 Å². The van der Waals surface area contributed by atoms with Gasteiger partial charge in [0.2, 0.25) is 0 Å². The molecule has 0 amide bonds. The van der Waals surface area contributed by atoms with Crippen molar-refractivity contribution in [1.29, 1.82) is 0 Å². The van der Waals surface area contributed by atoms with E-state index in [9.17, 15) is 9.90 Å². The highest BCUT2D eigenvalue weighted by molar-refractivity contribution is 9.09. The van der Waals surface area contributed by atoms with Crippen molar-refractivity contribution in [3.63, 3.8) is 0 Å². The molecule has 30 heavy (non-hydrogen) atoms. The van der Waals surface area contributed by atoms with Crippen LogP contribution < -0.4 is 0 Å². The molecule has 0 radical (unpaired) electrons. The summed E-state index contributed by atoms with van der Waals surface area (Å²) in [6, 6.07) is 0. The van der Waals surface area contributed by atoms with Crippen LogP contribution >= 0.6 is 15.9 Å². The van der Waals surface area contributed by atoms with E-state index in [4.69, 9.17) is 4.74 Å². The van der Waals surface area contributed by atoms with Gasteiger partial charge in [0.15, 0.2) is 0 Å². The maximum atomic E-state index is 11.9. The third kappa shape index (κ3) is 3.33. The lowest BCUT2D eigenvalue weighted by Gasteiger charge is -2.66. The number of halogens is 1. The van der Waals surface area contributed by atoms with Crippen LogP contribution in [0, 0.1) is 46.3 Å². The second kappa shape index (κ2) is 8.04. The van der Waals surface area contributed by atoms with Crippen LogP contribution in [0.1, 0.15) is 91.9 Å². The fourth-order valence-corrected chi connectivity index (χ4v) is 10.2. The van der Waals surface area contributed by atoms with Crippen LogP contribution in [0.3, 0.4) is 0 Å². The third-order valence-electron chi connectivity index (χ3n) is 10.8. The van der Waals surface area contributed by atoms with Crippen LogP contribution in [0.5, 0.6) is 0 Å². The van der Waals surface area contributed by atoms with E-state index in [-0.39, 0.29) is 16.2 Å². The Morgan fingerprint density at radius 1 is 1.17 bits per heavy atom. The molecule has 0 bridgehead atoms. The average molecular weight is 484 g/mol. The quantitative estimate of drug-likeness (QED) is 0.374. The zero-order valence-electron chi connectivity index (χ0n) is 19.8. The van der Waals surface area contributed by atoms with Crippen LogP contribution in [0.25, 0.3) is 0 Å². The van der Waals surface area contributed by atoms with Gasteiger partial charge in [-0.25, -0.2) is 0 Å². The summed E-state index contributed by atoms with van der Waals surface area (Å²) < 4.78 is 4.89. The Labute approximate surface area is 192 Å². The monoisotopic (exact) mass is 482 g/mol. The number of hydrogen-bond donors (Lipinski definition) is 1. The van der Waals surface area contributed by atoms with E-state index in [1.165, 1.54) is 45.6 Å². The number of carbonyl (C=O) groups is 1. The van der Waals surface area contributed by atoms with Gasteiger partial charge in [0.25, 0.3) is 0 Å². The molecule has 0 spiro atoms. The summed E-state index contributed by atoms with van der Waals surface area (Å²) in [6.07, 6.45) is 11.2. The van der Waals surface area contributed by atoms with Gasteiger partial charge in [0.05, 0.1) is 12.7 Å². The van der Waals surface area contributed by atoms with Crippen molar-refractivity contribution < 1.29 is 14.6 Å². The first kappa shape index (κ1) is 23.1. The van der Waals surface area contributed by atoms with Crippen molar-refractivity contribution in [3.05, 3.63) is 0 Å². The van der Waals surface area contributed by atoms with Gasteiger partial charge in [-0.05, 0) is 98.7 Å². The summed E-state index contributed by atoms with van der Waals surface area (Å²) in [5, 5.41) is 11.9. The zero-order valence-corrected chi connectivity index (χ0v) is 21.3. The molecule has 0 unspecified atom stereocenters. The molecule has 4 heteroatoms. The molecule has 10 atom stereocenters. The smallest absolute Gasteiger partial charge is 0.305 e. The number of hydrogen-bond acceptors (Lipinski definition) is 3. The van der Waals surface area contributed by atoms with Gasteiger partial charge in [-0.3, -0.25) is 4.79 Å². The standard InChI is InChI=1S/C26H43BrO3/c1-16-10-13-25(4)21-11-12-24(3)19(17(2)6-9-23(28)30-5)7-8-20(24)18(21)14-22(27)26(25,29)15-16/h16-22,29H,6-15H2,1-5H3/t16-,17+,18-,19+,20-,21-,22+,24+,25+,26-/m0/s1. The van der Waals surface area contributed by atoms with Gasteiger partial charge >= 0.3 is 5.97 Å². The predicted octanol–water partition coefficient (Wildman–Crippen LogP) is 6.36. The minimum Gasteiger partial charge on any atom is -0.469 e. The summed E-state index contributed by atoms with van der Waals surface area (Å²) in [5.74, 6) is 3.99. The zero-order chi connectivity index (χ0) is 21.9. The third-order valence-corrected chi connectivity index (χ3v) is 12.0. The molecular formula is C26H43BrO3. The van der Waals surface area contributed by atoms with E-state index in [1.807, 2.05) is 0 Å². The van der Waals surface area contributed by atoms with Crippen LogP contribution in [0.2, 0.25) is 0 Å². The first-order valence-electron chi connectivity index (χ1n) is 12.5. The van der Waals surface area contributed by atoms with Gasteiger partial charge in [0, 0.05) is 16.7 Å². The Bertz CT molecular complexity index is 667. The predicted molar refractivity (Wildman–Crippen MR) is 124 cm³/mol. The summed E-state index contributed by atoms with van der Waals surface area (Å²) in [6.45, 7) is 9.68. The normalized spacial score (nSPS) is 51.4. The Morgan fingerprint density at radius 3 is 2.60 bits per heavy atom. The van der Waals surface area contributed by atoms with Crippen LogP contribution in [-0.4, -0.2) is 28.6 Å². The van der Waals surface area contributed by atoms with Crippen molar-refractivity contribution in [2.75, 3.05) is 7.11 Å². The maximum absolute atomic E-state index is 11.9. The fourth-order valence-electron chi connectivity index (χ4n) is 9.09. The van der Waals surface area contributed by atoms with Crippen molar-refractivity contribution >= 4 is 21.9 Å². The lowest BCUT2D eigenvalue weighted by Crippen LogP contribution is -2.66. The van der Waals surface area contributed by atoms with Gasteiger partial charge < -0.3 is 9.84 Å². The van der Waals surface area contributed by atoms with E-state index in [2.05, 4.69) is 43.6 Å². The Kier molecular flexibility index (Phi) is 6.19. The first-order chi connectivity index (χ1) is 14.1. The lowest BCUT2D eigenvalue weighted by molar-refractivity contribution is -0.207. The molecule has 0 saturated heterocycles. The molecule has 0 aromatic rings. The Balaban J connectivity index is 1.55. The largest absolute Gasteiger partial charge is 0.469 e. The molecule has 4 rings (SSSR count). The fraction of sp³-hybridized carbons (Fsp3) is 0.962. The SMILES string of the molecule is COC(=O)CC[C@@H](C)[C@H]1CC[C@H]2[C@@H]3C[C@@H](Br)[C@@]4(O)C[C@@H](C)CC[C@]4(C)[C@H]3CC[C@]12C. The summed E-state index contributed by atoms with van der Waals surface area (Å²) in [5.41, 5.74) is -0.116. The molecule has 4 fully saturated rings. The Hall–Kier alpha value is -0.0900. The topological polar surface area (TPSA) is 46.5 Å². The highest BCUT2D eigenvalue weighted by Crippen LogP contribution is 2.70. The number of methoxy groups -OCH3 is 1.